The first-order valence-corrected chi connectivity index (χ1v) is 10.6. The van der Waals surface area contributed by atoms with Crippen molar-refractivity contribution in [2.75, 3.05) is 6.54 Å². The maximum Gasteiger partial charge on any atom is 0.227 e. The zero-order chi connectivity index (χ0) is 20.9. The molecular formula is C22H44N4O. The van der Waals surface area contributed by atoms with Gasteiger partial charge in [-0.25, -0.2) is 0 Å². The third-order valence-corrected chi connectivity index (χ3v) is 6.56. The summed E-state index contributed by atoms with van der Waals surface area (Å²) in [5, 5.41) is 10.8. The number of carbonyl (C=O) groups is 1. The lowest BCUT2D eigenvalue weighted by Crippen LogP contribution is -2.65. The van der Waals surface area contributed by atoms with Crippen molar-refractivity contribution in [3.63, 3.8) is 0 Å². The van der Waals surface area contributed by atoms with E-state index in [2.05, 4.69) is 78.3 Å². The SMILES string of the molecule is CC1(C)CC(NC(=O)C(C)(CN)C2CC(C)(C)NC(C)(C)C2)CC(C)(C)N1. The first-order chi connectivity index (χ1) is 12.0. The molecule has 2 aliphatic rings. The van der Waals surface area contributed by atoms with Gasteiger partial charge in [0.25, 0.3) is 0 Å². The molecule has 5 N–H and O–H groups in total. The van der Waals surface area contributed by atoms with Crippen LogP contribution in [0.4, 0.5) is 0 Å². The van der Waals surface area contributed by atoms with Crippen molar-refractivity contribution in [3.05, 3.63) is 0 Å². The summed E-state index contributed by atoms with van der Waals surface area (Å²) in [6, 6.07) is 0.178. The van der Waals surface area contributed by atoms with E-state index in [1.807, 2.05) is 0 Å². The van der Waals surface area contributed by atoms with E-state index in [1.165, 1.54) is 0 Å². The maximum absolute atomic E-state index is 13.5. The summed E-state index contributed by atoms with van der Waals surface area (Å²) in [6.07, 6.45) is 3.79. The van der Waals surface area contributed by atoms with Gasteiger partial charge in [-0.05, 0) is 93.9 Å². The minimum absolute atomic E-state index is 0.00185. The van der Waals surface area contributed by atoms with Gasteiger partial charge in [-0.1, -0.05) is 0 Å². The van der Waals surface area contributed by atoms with Gasteiger partial charge in [-0.2, -0.15) is 0 Å². The molecule has 27 heavy (non-hydrogen) atoms. The van der Waals surface area contributed by atoms with Gasteiger partial charge in [-0.3, -0.25) is 4.79 Å². The van der Waals surface area contributed by atoms with Gasteiger partial charge in [0, 0.05) is 34.7 Å². The molecule has 2 aliphatic heterocycles. The zero-order valence-electron chi connectivity index (χ0n) is 19.2. The molecule has 0 bridgehead atoms. The van der Waals surface area contributed by atoms with Crippen LogP contribution in [-0.2, 0) is 4.79 Å². The van der Waals surface area contributed by atoms with Crippen molar-refractivity contribution in [1.29, 1.82) is 0 Å². The minimum Gasteiger partial charge on any atom is -0.353 e. The Bertz CT molecular complexity index is 535. The molecule has 1 amide bonds. The fraction of sp³-hybridized carbons (Fsp3) is 0.955. The van der Waals surface area contributed by atoms with E-state index in [1.54, 1.807) is 0 Å². The second-order valence-corrected chi connectivity index (χ2v) is 12.1. The number of hydrogen-bond donors (Lipinski definition) is 4. The fourth-order valence-electron chi connectivity index (χ4n) is 5.99. The highest BCUT2D eigenvalue weighted by molar-refractivity contribution is 5.83. The van der Waals surface area contributed by atoms with Crippen molar-refractivity contribution in [1.82, 2.24) is 16.0 Å². The number of nitrogens with one attached hydrogen (secondary N) is 3. The van der Waals surface area contributed by atoms with Crippen molar-refractivity contribution >= 4 is 5.91 Å². The van der Waals surface area contributed by atoms with Gasteiger partial charge in [0.15, 0.2) is 0 Å². The minimum atomic E-state index is -0.546. The number of hydrogen-bond acceptors (Lipinski definition) is 4. The zero-order valence-corrected chi connectivity index (χ0v) is 19.2. The Hall–Kier alpha value is -0.650. The Labute approximate surface area is 167 Å². The molecule has 2 saturated heterocycles. The topological polar surface area (TPSA) is 79.2 Å². The Morgan fingerprint density at radius 3 is 1.63 bits per heavy atom. The van der Waals surface area contributed by atoms with E-state index in [4.69, 9.17) is 5.73 Å². The fourth-order valence-corrected chi connectivity index (χ4v) is 5.99. The van der Waals surface area contributed by atoms with E-state index < -0.39 is 5.41 Å². The third-order valence-electron chi connectivity index (χ3n) is 6.56. The summed E-state index contributed by atoms with van der Waals surface area (Å²) < 4.78 is 0. The van der Waals surface area contributed by atoms with Crippen LogP contribution >= 0.6 is 0 Å². The van der Waals surface area contributed by atoms with Gasteiger partial charge >= 0.3 is 0 Å². The molecule has 0 radical (unpaired) electrons. The molecule has 2 heterocycles. The molecule has 2 fully saturated rings. The molecule has 1 atom stereocenters. The normalized spacial score (nSPS) is 29.7. The van der Waals surface area contributed by atoms with Crippen LogP contribution in [0, 0.1) is 11.3 Å². The van der Waals surface area contributed by atoms with Gasteiger partial charge in [0.1, 0.15) is 0 Å². The molecule has 0 aromatic heterocycles. The number of piperidine rings is 2. The lowest BCUT2D eigenvalue weighted by atomic mass is 9.63. The summed E-state index contributed by atoms with van der Waals surface area (Å²) in [6.45, 7) is 20.2. The molecule has 0 saturated carbocycles. The molecule has 2 rings (SSSR count). The molecule has 5 nitrogen and oxygen atoms in total. The first-order valence-electron chi connectivity index (χ1n) is 10.6. The quantitative estimate of drug-likeness (QED) is 0.605. The number of amides is 1. The second kappa shape index (κ2) is 7.00. The van der Waals surface area contributed by atoms with E-state index >= 15 is 0 Å². The van der Waals surface area contributed by atoms with E-state index in [0.717, 1.165) is 25.7 Å². The van der Waals surface area contributed by atoms with Crippen molar-refractivity contribution in [2.24, 2.45) is 17.1 Å². The highest BCUT2D eigenvalue weighted by Crippen LogP contribution is 2.43. The highest BCUT2D eigenvalue weighted by atomic mass is 16.2. The predicted octanol–water partition coefficient (Wildman–Crippen LogP) is 2.93. The number of carbonyl (C=O) groups excluding carboxylic acids is 1. The smallest absolute Gasteiger partial charge is 0.227 e. The monoisotopic (exact) mass is 380 g/mol. The molecule has 1 unspecified atom stereocenters. The van der Waals surface area contributed by atoms with Gasteiger partial charge < -0.3 is 21.7 Å². The maximum atomic E-state index is 13.5. The summed E-state index contributed by atoms with van der Waals surface area (Å²) in [5.74, 6) is 0.387. The van der Waals surface area contributed by atoms with Crippen molar-refractivity contribution in [2.45, 2.75) is 116 Å². The Balaban J connectivity index is 2.19. The largest absolute Gasteiger partial charge is 0.353 e. The molecular weight excluding hydrogens is 336 g/mol. The summed E-state index contributed by atoms with van der Waals surface area (Å²) >= 11 is 0. The van der Waals surface area contributed by atoms with Gasteiger partial charge in [-0.15, -0.1) is 0 Å². The Kier molecular flexibility index (Phi) is 5.87. The second-order valence-electron chi connectivity index (χ2n) is 12.1. The van der Waals surface area contributed by atoms with E-state index in [-0.39, 0.29) is 40.0 Å². The van der Waals surface area contributed by atoms with E-state index in [0.29, 0.717) is 6.54 Å². The molecule has 0 aliphatic carbocycles. The van der Waals surface area contributed by atoms with Gasteiger partial charge in [0.2, 0.25) is 5.91 Å². The van der Waals surface area contributed by atoms with Crippen LogP contribution in [0.1, 0.15) is 88.0 Å². The molecule has 0 spiro atoms. The summed E-state index contributed by atoms with van der Waals surface area (Å²) in [7, 11) is 0. The lowest BCUT2D eigenvalue weighted by molar-refractivity contribution is -0.136. The van der Waals surface area contributed by atoms with Crippen molar-refractivity contribution < 1.29 is 4.79 Å². The molecule has 0 aromatic carbocycles. The van der Waals surface area contributed by atoms with Crippen LogP contribution in [0.5, 0.6) is 0 Å². The van der Waals surface area contributed by atoms with Crippen LogP contribution in [-0.4, -0.2) is 40.6 Å². The molecule has 158 valence electrons. The van der Waals surface area contributed by atoms with Gasteiger partial charge in [0.05, 0.1) is 5.41 Å². The van der Waals surface area contributed by atoms with Crippen LogP contribution in [0.3, 0.4) is 0 Å². The number of rotatable bonds is 4. The van der Waals surface area contributed by atoms with Crippen LogP contribution < -0.4 is 21.7 Å². The Morgan fingerprint density at radius 2 is 1.26 bits per heavy atom. The standard InChI is InChI=1S/C22H44N4O/c1-18(2)10-15(11-19(3,4)25-18)22(9,14-23)17(27)24-16-12-20(5,6)26-21(7,8)13-16/h15-16,25-26H,10-14,23H2,1-9H3,(H,24,27). The first kappa shape index (κ1) is 22.6. The average Bonchev–Trinajstić information content (AvgIpc) is 2.39. The third kappa shape index (κ3) is 5.45. The summed E-state index contributed by atoms with van der Waals surface area (Å²) in [4.78, 5) is 13.5. The predicted molar refractivity (Wildman–Crippen MR) is 114 cm³/mol. The van der Waals surface area contributed by atoms with Crippen LogP contribution in [0.25, 0.3) is 0 Å². The van der Waals surface area contributed by atoms with Crippen LogP contribution in [0.15, 0.2) is 0 Å². The summed E-state index contributed by atoms with van der Waals surface area (Å²) in [5.41, 5.74) is 5.71. The molecule has 0 aromatic rings. The average molecular weight is 381 g/mol. The molecule has 5 heteroatoms. The number of nitrogens with two attached hydrogens (primary N) is 1. The highest BCUT2D eigenvalue weighted by Gasteiger charge is 2.49. The van der Waals surface area contributed by atoms with Crippen LogP contribution in [0.2, 0.25) is 0 Å². The Morgan fingerprint density at radius 1 is 0.889 bits per heavy atom. The van der Waals surface area contributed by atoms with E-state index in [9.17, 15) is 4.79 Å². The van der Waals surface area contributed by atoms with Crippen molar-refractivity contribution in [3.8, 4) is 0 Å². The lowest BCUT2D eigenvalue weighted by Gasteiger charge is -2.52.